The summed E-state index contributed by atoms with van der Waals surface area (Å²) in [6, 6.07) is 5.16. The number of nitrogens with zero attached hydrogens (tertiary/aromatic N) is 1. The Hall–Kier alpha value is -1.25. The smallest absolute Gasteiger partial charge is 0.329 e. The number of ketones is 1. The van der Waals surface area contributed by atoms with E-state index in [2.05, 4.69) is 31.9 Å². The molecule has 1 aliphatic heterocycles. The van der Waals surface area contributed by atoms with Crippen molar-refractivity contribution >= 4 is 67.0 Å². The molecular weight excluding hydrogens is 529 g/mol. The number of alkyl halides is 2. The van der Waals surface area contributed by atoms with Gasteiger partial charge in [0.15, 0.2) is 12.4 Å². The van der Waals surface area contributed by atoms with Crippen molar-refractivity contribution in [3.05, 3.63) is 34.9 Å². The van der Waals surface area contributed by atoms with E-state index in [1.54, 1.807) is 24.3 Å². The van der Waals surface area contributed by atoms with E-state index < -0.39 is 30.5 Å². The summed E-state index contributed by atoms with van der Waals surface area (Å²) < 4.78 is 5.11. The first-order valence-electron chi connectivity index (χ1n) is 9.32. The third-order valence-electron chi connectivity index (χ3n) is 6.26. The minimum absolute atomic E-state index is 0.0746. The Kier molecular flexibility index (Phi) is 5.63. The van der Waals surface area contributed by atoms with Crippen LogP contribution in [0, 0.1) is 23.7 Å². The van der Waals surface area contributed by atoms with E-state index in [1.165, 1.54) is 6.92 Å². The number of hydrogen-bond acceptors (Lipinski definition) is 5. The highest BCUT2D eigenvalue weighted by molar-refractivity contribution is 9.12. The average Bonchev–Trinajstić information content (AvgIpc) is 3.30. The van der Waals surface area contributed by atoms with Crippen molar-refractivity contribution in [3.8, 4) is 0 Å². The van der Waals surface area contributed by atoms with Gasteiger partial charge in [-0.3, -0.25) is 19.3 Å². The minimum Gasteiger partial charge on any atom is -0.456 e. The van der Waals surface area contributed by atoms with Gasteiger partial charge in [-0.1, -0.05) is 43.5 Å². The van der Waals surface area contributed by atoms with E-state index in [1.807, 2.05) is 0 Å². The van der Waals surface area contributed by atoms with Gasteiger partial charge in [-0.15, -0.1) is 0 Å². The fraction of sp³-hybridized carbons (Fsp3) is 0.500. The molecule has 1 aromatic rings. The molecule has 2 saturated carbocycles. The van der Waals surface area contributed by atoms with Crippen molar-refractivity contribution in [2.75, 3.05) is 6.61 Å². The van der Waals surface area contributed by atoms with Crippen LogP contribution < -0.4 is 0 Å². The van der Waals surface area contributed by atoms with Gasteiger partial charge in [0.1, 0.15) is 6.04 Å². The van der Waals surface area contributed by atoms with Crippen LogP contribution in [0.1, 0.15) is 23.7 Å². The number of ether oxygens (including phenoxy) is 1. The Morgan fingerprint density at radius 2 is 1.62 bits per heavy atom. The zero-order valence-corrected chi connectivity index (χ0v) is 19.3. The number of esters is 1. The van der Waals surface area contributed by atoms with Gasteiger partial charge in [0, 0.05) is 20.2 Å². The lowest BCUT2D eigenvalue weighted by Crippen LogP contribution is -2.45. The molecule has 7 unspecified atom stereocenters. The molecule has 9 heteroatoms. The van der Waals surface area contributed by atoms with Crippen molar-refractivity contribution in [2.45, 2.75) is 29.0 Å². The van der Waals surface area contributed by atoms with E-state index in [0.717, 1.165) is 11.3 Å². The maximum Gasteiger partial charge on any atom is 0.329 e. The van der Waals surface area contributed by atoms with Crippen molar-refractivity contribution in [1.82, 2.24) is 4.90 Å². The van der Waals surface area contributed by atoms with Gasteiger partial charge in [0.05, 0.1) is 11.8 Å². The van der Waals surface area contributed by atoms with Gasteiger partial charge in [0.2, 0.25) is 11.8 Å². The third kappa shape index (κ3) is 3.37. The highest BCUT2D eigenvalue weighted by atomic mass is 79.9. The highest BCUT2D eigenvalue weighted by Gasteiger charge is 2.67. The second-order valence-electron chi connectivity index (χ2n) is 7.76. The summed E-state index contributed by atoms with van der Waals surface area (Å²) in [5, 5.41) is 0.495. The summed E-state index contributed by atoms with van der Waals surface area (Å²) >= 11 is 13.1. The molecule has 3 aliphatic rings. The van der Waals surface area contributed by atoms with E-state index in [4.69, 9.17) is 16.3 Å². The van der Waals surface area contributed by atoms with Crippen LogP contribution in [0.5, 0.6) is 0 Å². The molecule has 0 radical (unpaired) electrons. The Labute approximate surface area is 189 Å². The monoisotopic (exact) mass is 545 g/mol. The van der Waals surface area contributed by atoms with Crippen LogP contribution in [0.2, 0.25) is 5.02 Å². The summed E-state index contributed by atoms with van der Waals surface area (Å²) in [4.78, 5) is 51.9. The maximum atomic E-state index is 13.0. The van der Waals surface area contributed by atoms with Crippen LogP contribution in [0.3, 0.4) is 0 Å². The predicted octanol–water partition coefficient (Wildman–Crippen LogP) is 3.23. The summed E-state index contributed by atoms with van der Waals surface area (Å²) in [6.07, 6.45) is 0.820. The first kappa shape index (κ1) is 21.0. The van der Waals surface area contributed by atoms with Crippen LogP contribution in [0.25, 0.3) is 0 Å². The molecule has 154 valence electrons. The van der Waals surface area contributed by atoms with Crippen LogP contribution in [0.15, 0.2) is 24.3 Å². The molecule has 0 spiro atoms. The van der Waals surface area contributed by atoms with E-state index >= 15 is 0 Å². The number of Topliss-reactive ketones (excluding diaryl/α,β-unsaturated/α-hetero) is 1. The van der Waals surface area contributed by atoms with Crippen molar-refractivity contribution in [1.29, 1.82) is 0 Å². The molecule has 1 heterocycles. The Morgan fingerprint density at radius 3 is 2.14 bits per heavy atom. The van der Waals surface area contributed by atoms with Gasteiger partial charge in [-0.25, -0.2) is 4.79 Å². The second kappa shape index (κ2) is 7.78. The number of rotatable bonds is 5. The molecule has 6 nitrogen and oxygen atoms in total. The average molecular weight is 548 g/mol. The molecule has 0 aromatic heterocycles. The van der Waals surface area contributed by atoms with Crippen LogP contribution in [-0.2, 0) is 19.1 Å². The van der Waals surface area contributed by atoms with Gasteiger partial charge in [-0.05, 0) is 49.4 Å². The molecule has 3 fully saturated rings. The molecule has 4 rings (SSSR count). The number of carbonyl (C=O) groups excluding carboxylic acids is 4. The van der Waals surface area contributed by atoms with Crippen LogP contribution in [-0.4, -0.2) is 50.8 Å². The second-order valence-corrected chi connectivity index (χ2v) is 10.3. The highest BCUT2D eigenvalue weighted by Crippen LogP contribution is 2.60. The molecule has 2 bridgehead atoms. The minimum atomic E-state index is -1.07. The summed E-state index contributed by atoms with van der Waals surface area (Å²) in [5.41, 5.74) is 0.362. The standard InChI is InChI=1S/C20H18Br2ClNO5/c1-8(20(28)29-7-13(25)9-2-4-10(23)5-3-9)24-18(26)14-11-6-12(15(14)19(24)27)17(22)16(11)21/h2-5,8,11-12,14-17H,6-7H2,1H3. The van der Waals surface area contributed by atoms with Crippen LogP contribution in [0.4, 0.5) is 0 Å². The number of likely N-dealkylation sites (tertiary alicyclic amines) is 1. The van der Waals surface area contributed by atoms with Crippen molar-refractivity contribution < 1.29 is 23.9 Å². The number of hydrogen-bond donors (Lipinski definition) is 0. The summed E-state index contributed by atoms with van der Waals surface area (Å²) in [6.45, 7) is 0.997. The lowest BCUT2D eigenvalue weighted by Gasteiger charge is -2.28. The largest absolute Gasteiger partial charge is 0.456 e. The predicted molar refractivity (Wildman–Crippen MR) is 112 cm³/mol. The molecule has 1 aromatic carbocycles. The fourth-order valence-electron chi connectivity index (χ4n) is 4.84. The van der Waals surface area contributed by atoms with Gasteiger partial charge in [-0.2, -0.15) is 0 Å². The molecule has 1 saturated heterocycles. The lowest BCUT2D eigenvalue weighted by molar-refractivity contribution is -0.157. The number of fused-ring (bicyclic) bond motifs is 5. The molecule has 7 atom stereocenters. The van der Waals surface area contributed by atoms with E-state index in [0.29, 0.717) is 10.6 Å². The van der Waals surface area contributed by atoms with E-state index in [-0.39, 0.29) is 39.1 Å². The Morgan fingerprint density at radius 1 is 1.10 bits per heavy atom. The lowest BCUT2D eigenvalue weighted by atomic mass is 9.81. The zero-order valence-electron chi connectivity index (χ0n) is 15.4. The number of amides is 2. The number of halogens is 3. The maximum absolute atomic E-state index is 13.0. The van der Waals surface area contributed by atoms with Gasteiger partial charge in [0.25, 0.3) is 0 Å². The molecule has 0 N–H and O–H groups in total. The quantitative estimate of drug-likeness (QED) is 0.245. The van der Waals surface area contributed by atoms with E-state index in [9.17, 15) is 19.2 Å². The topological polar surface area (TPSA) is 80.8 Å². The fourth-order valence-corrected chi connectivity index (χ4v) is 6.83. The number of benzene rings is 1. The third-order valence-corrected chi connectivity index (χ3v) is 9.72. The Balaban J connectivity index is 1.42. The SMILES string of the molecule is CC(C(=O)OCC(=O)c1ccc(Cl)cc1)N1C(=O)C2C3CC(C(Br)C3Br)C2C1=O. The van der Waals surface area contributed by atoms with Crippen molar-refractivity contribution in [2.24, 2.45) is 23.7 Å². The van der Waals surface area contributed by atoms with Gasteiger partial charge < -0.3 is 4.74 Å². The molecule has 29 heavy (non-hydrogen) atoms. The number of carbonyl (C=O) groups is 4. The van der Waals surface area contributed by atoms with Crippen molar-refractivity contribution in [3.63, 3.8) is 0 Å². The number of imide groups is 1. The first-order chi connectivity index (χ1) is 13.7. The normalized spacial score (nSPS) is 33.7. The zero-order chi connectivity index (χ0) is 21.0. The summed E-state index contributed by atoms with van der Waals surface area (Å²) in [5.74, 6) is -2.42. The van der Waals surface area contributed by atoms with Gasteiger partial charge >= 0.3 is 5.97 Å². The molecular formula is C20H18Br2ClNO5. The van der Waals surface area contributed by atoms with Crippen LogP contribution >= 0.6 is 43.5 Å². The molecule has 2 aliphatic carbocycles. The first-order valence-corrected chi connectivity index (χ1v) is 11.5. The Bertz CT molecular complexity index is 859. The summed E-state index contributed by atoms with van der Waals surface area (Å²) in [7, 11) is 0. The molecule has 2 amide bonds.